The molecular formula is C12H16BrNO2. The van der Waals surface area contributed by atoms with E-state index in [0.717, 1.165) is 24.2 Å². The van der Waals surface area contributed by atoms with Gasteiger partial charge in [-0.3, -0.25) is 4.90 Å². The molecule has 1 N–H and O–H groups in total. The van der Waals surface area contributed by atoms with Gasteiger partial charge in [-0.25, -0.2) is 0 Å². The molecular weight excluding hydrogens is 270 g/mol. The summed E-state index contributed by atoms with van der Waals surface area (Å²) in [5, 5.41) is 9.25. The summed E-state index contributed by atoms with van der Waals surface area (Å²) in [4.78, 5) is 2.27. The molecule has 1 aliphatic heterocycles. The van der Waals surface area contributed by atoms with E-state index < -0.39 is 0 Å². The van der Waals surface area contributed by atoms with Crippen LogP contribution in [0.1, 0.15) is 5.56 Å². The Morgan fingerprint density at radius 1 is 1.38 bits per heavy atom. The van der Waals surface area contributed by atoms with Crippen molar-refractivity contribution in [2.24, 2.45) is 0 Å². The zero-order valence-corrected chi connectivity index (χ0v) is 10.7. The molecule has 0 bridgehead atoms. The number of ether oxygens (including phenoxy) is 1. The van der Waals surface area contributed by atoms with Crippen molar-refractivity contribution in [3.63, 3.8) is 0 Å². The van der Waals surface area contributed by atoms with Crippen molar-refractivity contribution in [1.29, 1.82) is 0 Å². The van der Waals surface area contributed by atoms with Gasteiger partial charge in [0.15, 0.2) is 0 Å². The Balaban J connectivity index is 1.99. The van der Waals surface area contributed by atoms with Crippen LogP contribution in [-0.2, 0) is 11.3 Å². The first-order valence-electron chi connectivity index (χ1n) is 5.46. The summed E-state index contributed by atoms with van der Waals surface area (Å²) < 4.78 is 6.45. The molecule has 0 amide bonds. The summed E-state index contributed by atoms with van der Waals surface area (Å²) in [6, 6.07) is 8.44. The van der Waals surface area contributed by atoms with E-state index >= 15 is 0 Å². The number of hydrogen-bond acceptors (Lipinski definition) is 3. The number of aliphatic hydroxyl groups excluding tert-OH is 1. The van der Waals surface area contributed by atoms with E-state index in [2.05, 4.69) is 33.0 Å². The van der Waals surface area contributed by atoms with Crippen molar-refractivity contribution in [3.8, 4) is 0 Å². The van der Waals surface area contributed by atoms with Gasteiger partial charge in [0.25, 0.3) is 0 Å². The molecule has 4 heteroatoms. The van der Waals surface area contributed by atoms with E-state index in [1.807, 2.05) is 12.1 Å². The molecule has 0 saturated carbocycles. The van der Waals surface area contributed by atoms with E-state index in [4.69, 9.17) is 4.74 Å². The van der Waals surface area contributed by atoms with Crippen LogP contribution in [0.2, 0.25) is 0 Å². The summed E-state index contributed by atoms with van der Waals surface area (Å²) in [7, 11) is 0. The van der Waals surface area contributed by atoms with Gasteiger partial charge in [0.05, 0.1) is 25.9 Å². The molecule has 1 saturated heterocycles. The van der Waals surface area contributed by atoms with Crippen LogP contribution in [0.3, 0.4) is 0 Å². The van der Waals surface area contributed by atoms with Gasteiger partial charge in [-0.05, 0) is 17.7 Å². The SMILES string of the molecule is OCC1COCCN1Cc1ccc(Br)cc1. The topological polar surface area (TPSA) is 32.7 Å². The van der Waals surface area contributed by atoms with Crippen molar-refractivity contribution in [3.05, 3.63) is 34.3 Å². The smallest absolute Gasteiger partial charge is 0.0644 e. The van der Waals surface area contributed by atoms with Crippen LogP contribution in [-0.4, -0.2) is 42.4 Å². The molecule has 1 aromatic carbocycles. The molecule has 1 heterocycles. The first-order valence-corrected chi connectivity index (χ1v) is 6.26. The van der Waals surface area contributed by atoms with E-state index in [9.17, 15) is 5.11 Å². The van der Waals surface area contributed by atoms with Gasteiger partial charge in [0.2, 0.25) is 0 Å². The molecule has 88 valence electrons. The Labute approximate surface area is 104 Å². The second kappa shape index (κ2) is 5.77. The Kier molecular flexibility index (Phi) is 4.35. The number of benzene rings is 1. The molecule has 1 fully saturated rings. The fourth-order valence-corrected chi connectivity index (χ4v) is 2.15. The third-order valence-corrected chi connectivity index (χ3v) is 3.39. The van der Waals surface area contributed by atoms with Gasteiger partial charge in [-0.1, -0.05) is 28.1 Å². The second-order valence-electron chi connectivity index (χ2n) is 4.01. The molecule has 0 aliphatic carbocycles. The first-order chi connectivity index (χ1) is 7.79. The van der Waals surface area contributed by atoms with Gasteiger partial charge in [0.1, 0.15) is 0 Å². The van der Waals surface area contributed by atoms with Gasteiger partial charge in [-0.2, -0.15) is 0 Å². The van der Waals surface area contributed by atoms with Gasteiger partial charge in [-0.15, -0.1) is 0 Å². The Bertz CT molecular complexity index is 328. The molecule has 2 rings (SSSR count). The van der Waals surface area contributed by atoms with Crippen molar-refractivity contribution in [1.82, 2.24) is 4.90 Å². The fraction of sp³-hybridized carbons (Fsp3) is 0.500. The van der Waals surface area contributed by atoms with Crippen LogP contribution in [0.4, 0.5) is 0 Å². The van der Waals surface area contributed by atoms with Crippen molar-refractivity contribution in [2.75, 3.05) is 26.4 Å². The standard InChI is InChI=1S/C12H16BrNO2/c13-11-3-1-10(2-4-11)7-14-5-6-16-9-12(14)8-15/h1-4,12,15H,5-9H2. The first kappa shape index (κ1) is 12.0. The molecule has 3 nitrogen and oxygen atoms in total. The van der Waals surface area contributed by atoms with Crippen LogP contribution in [0, 0.1) is 0 Å². The van der Waals surface area contributed by atoms with Crippen LogP contribution in [0.5, 0.6) is 0 Å². The van der Waals surface area contributed by atoms with E-state index in [1.165, 1.54) is 5.56 Å². The number of hydrogen-bond donors (Lipinski definition) is 1. The number of nitrogens with zero attached hydrogens (tertiary/aromatic N) is 1. The van der Waals surface area contributed by atoms with E-state index in [1.54, 1.807) is 0 Å². The predicted octanol–water partition coefficient (Wildman–Crippen LogP) is 1.64. The minimum Gasteiger partial charge on any atom is -0.395 e. The summed E-state index contributed by atoms with van der Waals surface area (Å²) in [6.45, 7) is 3.32. The van der Waals surface area contributed by atoms with Crippen molar-refractivity contribution >= 4 is 15.9 Å². The molecule has 0 aromatic heterocycles. The minimum atomic E-state index is 0.136. The lowest BCUT2D eigenvalue weighted by molar-refractivity contribution is -0.0312. The molecule has 16 heavy (non-hydrogen) atoms. The number of morpholine rings is 1. The average molecular weight is 286 g/mol. The maximum Gasteiger partial charge on any atom is 0.0644 e. The van der Waals surface area contributed by atoms with E-state index in [0.29, 0.717) is 6.61 Å². The third kappa shape index (κ3) is 3.04. The quantitative estimate of drug-likeness (QED) is 0.917. The highest BCUT2D eigenvalue weighted by Crippen LogP contribution is 2.15. The Morgan fingerprint density at radius 2 is 2.12 bits per heavy atom. The fourth-order valence-electron chi connectivity index (χ4n) is 1.89. The highest BCUT2D eigenvalue weighted by molar-refractivity contribution is 9.10. The molecule has 1 aliphatic rings. The van der Waals surface area contributed by atoms with Crippen LogP contribution < -0.4 is 0 Å². The highest BCUT2D eigenvalue weighted by Gasteiger charge is 2.21. The third-order valence-electron chi connectivity index (χ3n) is 2.86. The zero-order chi connectivity index (χ0) is 11.4. The largest absolute Gasteiger partial charge is 0.395 e. The lowest BCUT2D eigenvalue weighted by atomic mass is 10.1. The van der Waals surface area contributed by atoms with Crippen molar-refractivity contribution < 1.29 is 9.84 Å². The maximum absolute atomic E-state index is 9.25. The molecule has 0 radical (unpaired) electrons. The normalized spacial score (nSPS) is 22.2. The van der Waals surface area contributed by atoms with E-state index in [-0.39, 0.29) is 12.6 Å². The lowest BCUT2D eigenvalue weighted by Gasteiger charge is -2.34. The predicted molar refractivity (Wildman–Crippen MR) is 66.2 cm³/mol. The number of rotatable bonds is 3. The van der Waals surface area contributed by atoms with Gasteiger partial charge in [0, 0.05) is 17.6 Å². The highest BCUT2D eigenvalue weighted by atomic mass is 79.9. The second-order valence-corrected chi connectivity index (χ2v) is 4.92. The monoisotopic (exact) mass is 285 g/mol. The van der Waals surface area contributed by atoms with Gasteiger partial charge >= 0.3 is 0 Å². The van der Waals surface area contributed by atoms with Crippen LogP contribution in [0.15, 0.2) is 28.7 Å². The summed E-state index contributed by atoms with van der Waals surface area (Å²) in [6.07, 6.45) is 0. The van der Waals surface area contributed by atoms with Crippen LogP contribution >= 0.6 is 15.9 Å². The minimum absolute atomic E-state index is 0.136. The zero-order valence-electron chi connectivity index (χ0n) is 9.10. The summed E-state index contributed by atoms with van der Waals surface area (Å²) >= 11 is 3.42. The number of halogens is 1. The molecule has 1 unspecified atom stereocenters. The molecule has 1 atom stereocenters. The average Bonchev–Trinajstić information content (AvgIpc) is 2.33. The number of aliphatic hydroxyl groups is 1. The van der Waals surface area contributed by atoms with Crippen LogP contribution in [0.25, 0.3) is 0 Å². The summed E-state index contributed by atoms with van der Waals surface area (Å²) in [5.74, 6) is 0. The summed E-state index contributed by atoms with van der Waals surface area (Å²) in [5.41, 5.74) is 1.27. The molecule has 1 aromatic rings. The Morgan fingerprint density at radius 3 is 2.81 bits per heavy atom. The lowest BCUT2D eigenvalue weighted by Crippen LogP contribution is -2.46. The van der Waals surface area contributed by atoms with Gasteiger partial charge < -0.3 is 9.84 Å². The van der Waals surface area contributed by atoms with Crippen molar-refractivity contribution in [2.45, 2.75) is 12.6 Å². The molecule has 0 spiro atoms. The maximum atomic E-state index is 9.25. The Hall–Kier alpha value is -0.420.